The Hall–Kier alpha value is -0.610. The third-order valence-electron chi connectivity index (χ3n) is 5.01. The van der Waals surface area contributed by atoms with Crippen LogP contribution in [0, 0.1) is 5.41 Å². The molecule has 19 heavy (non-hydrogen) atoms. The van der Waals surface area contributed by atoms with Crippen LogP contribution in [0.15, 0.2) is 0 Å². The first-order valence-electron chi connectivity index (χ1n) is 7.81. The highest BCUT2D eigenvalue weighted by atomic mass is 16.3. The summed E-state index contributed by atoms with van der Waals surface area (Å²) in [5.74, 6) is 0.187. The number of hydrogen-bond acceptors (Lipinski definition) is 3. The summed E-state index contributed by atoms with van der Waals surface area (Å²) in [7, 11) is 0. The molecule has 1 saturated carbocycles. The Kier molecular flexibility index (Phi) is 4.85. The number of carbonyl (C=O) groups is 1. The summed E-state index contributed by atoms with van der Waals surface area (Å²) in [6.45, 7) is 4.09. The minimum Gasteiger partial charge on any atom is -0.394 e. The number of aliphatic hydroxyl groups excluding tert-OH is 1. The van der Waals surface area contributed by atoms with Gasteiger partial charge in [-0.1, -0.05) is 26.2 Å². The molecular weight excluding hydrogens is 240 g/mol. The molecule has 4 nitrogen and oxygen atoms in total. The molecule has 1 aliphatic carbocycles. The van der Waals surface area contributed by atoms with Crippen molar-refractivity contribution in [2.45, 2.75) is 63.8 Å². The van der Waals surface area contributed by atoms with Crippen LogP contribution in [-0.4, -0.2) is 36.2 Å². The second-order valence-corrected chi connectivity index (χ2v) is 6.38. The van der Waals surface area contributed by atoms with Gasteiger partial charge in [0.25, 0.3) is 0 Å². The van der Waals surface area contributed by atoms with E-state index in [0.29, 0.717) is 0 Å². The average Bonchev–Trinajstić information content (AvgIpc) is 2.89. The van der Waals surface area contributed by atoms with Gasteiger partial charge in [0.15, 0.2) is 0 Å². The zero-order valence-electron chi connectivity index (χ0n) is 12.1. The Balaban J connectivity index is 2.06. The highest BCUT2D eigenvalue weighted by molar-refractivity contribution is 5.83. The molecule has 0 aromatic heterocycles. The monoisotopic (exact) mass is 268 g/mol. The molecular formula is C15H28N2O2. The SMILES string of the molecule is CCCC1(C(=O)NC2(CO)CCCC2)CCNCC1. The fourth-order valence-electron chi connectivity index (χ4n) is 3.72. The first kappa shape index (κ1) is 14.8. The Morgan fingerprint density at radius 3 is 2.37 bits per heavy atom. The summed E-state index contributed by atoms with van der Waals surface area (Å²) in [4.78, 5) is 12.8. The molecule has 1 heterocycles. The molecule has 2 fully saturated rings. The van der Waals surface area contributed by atoms with Crippen molar-refractivity contribution in [3.63, 3.8) is 0 Å². The van der Waals surface area contributed by atoms with Gasteiger partial charge < -0.3 is 15.7 Å². The highest BCUT2D eigenvalue weighted by Crippen LogP contribution is 2.37. The van der Waals surface area contributed by atoms with Crippen LogP contribution in [0.2, 0.25) is 0 Å². The number of hydrogen-bond donors (Lipinski definition) is 3. The summed E-state index contributed by atoms with van der Waals surface area (Å²) in [6.07, 6.45) is 7.93. The highest BCUT2D eigenvalue weighted by Gasteiger charge is 2.43. The molecule has 2 aliphatic rings. The van der Waals surface area contributed by atoms with Crippen LogP contribution in [-0.2, 0) is 4.79 Å². The van der Waals surface area contributed by atoms with E-state index in [1.54, 1.807) is 0 Å². The summed E-state index contributed by atoms with van der Waals surface area (Å²) < 4.78 is 0. The number of piperidine rings is 1. The van der Waals surface area contributed by atoms with E-state index < -0.39 is 0 Å². The van der Waals surface area contributed by atoms with E-state index in [4.69, 9.17) is 0 Å². The van der Waals surface area contributed by atoms with E-state index in [2.05, 4.69) is 17.6 Å². The van der Waals surface area contributed by atoms with E-state index in [1.807, 2.05) is 0 Å². The van der Waals surface area contributed by atoms with Crippen molar-refractivity contribution in [3.8, 4) is 0 Å². The Bertz CT molecular complexity index is 300. The molecule has 1 aliphatic heterocycles. The largest absolute Gasteiger partial charge is 0.394 e. The number of carbonyl (C=O) groups excluding carboxylic acids is 1. The summed E-state index contributed by atoms with van der Waals surface area (Å²) >= 11 is 0. The average molecular weight is 268 g/mol. The lowest BCUT2D eigenvalue weighted by atomic mass is 9.74. The molecule has 0 atom stereocenters. The molecule has 0 aromatic rings. The number of nitrogens with one attached hydrogen (secondary N) is 2. The maximum atomic E-state index is 12.8. The molecule has 0 bridgehead atoms. The normalized spacial score (nSPS) is 25.2. The van der Waals surface area contributed by atoms with Crippen molar-refractivity contribution < 1.29 is 9.90 Å². The first-order chi connectivity index (χ1) is 9.16. The standard InChI is InChI=1S/C15H28N2O2/c1-2-5-14(8-10-16-11-9-14)13(19)17-15(12-18)6-3-4-7-15/h16,18H,2-12H2,1H3,(H,17,19). The van der Waals surface area contributed by atoms with Crippen molar-refractivity contribution >= 4 is 5.91 Å². The van der Waals surface area contributed by atoms with E-state index in [9.17, 15) is 9.90 Å². The lowest BCUT2D eigenvalue weighted by Gasteiger charge is -2.39. The van der Waals surface area contributed by atoms with Crippen molar-refractivity contribution in [3.05, 3.63) is 0 Å². The van der Waals surface area contributed by atoms with E-state index in [-0.39, 0.29) is 23.5 Å². The number of rotatable bonds is 5. The molecule has 0 aromatic carbocycles. The first-order valence-corrected chi connectivity index (χ1v) is 7.81. The Morgan fingerprint density at radius 2 is 1.84 bits per heavy atom. The van der Waals surface area contributed by atoms with Crippen molar-refractivity contribution in [2.24, 2.45) is 5.41 Å². The van der Waals surface area contributed by atoms with Crippen molar-refractivity contribution in [2.75, 3.05) is 19.7 Å². The van der Waals surface area contributed by atoms with Gasteiger partial charge >= 0.3 is 0 Å². The smallest absolute Gasteiger partial charge is 0.226 e. The number of aliphatic hydroxyl groups is 1. The molecule has 0 radical (unpaired) electrons. The molecule has 2 rings (SSSR count). The van der Waals surface area contributed by atoms with E-state index >= 15 is 0 Å². The minimum absolute atomic E-state index is 0.0825. The van der Waals surface area contributed by atoms with Gasteiger partial charge in [-0.05, 0) is 45.2 Å². The van der Waals surface area contributed by atoms with Gasteiger partial charge in [-0.2, -0.15) is 0 Å². The van der Waals surface area contributed by atoms with Crippen LogP contribution in [0.4, 0.5) is 0 Å². The zero-order valence-corrected chi connectivity index (χ0v) is 12.1. The molecule has 4 heteroatoms. The van der Waals surface area contributed by atoms with Gasteiger partial charge in [0.2, 0.25) is 5.91 Å². The second kappa shape index (κ2) is 6.23. The molecule has 0 unspecified atom stereocenters. The van der Waals surface area contributed by atoms with Crippen LogP contribution in [0.5, 0.6) is 0 Å². The van der Waals surface area contributed by atoms with E-state index in [1.165, 1.54) is 0 Å². The maximum absolute atomic E-state index is 12.8. The van der Waals surface area contributed by atoms with Gasteiger partial charge in [0.1, 0.15) is 0 Å². The second-order valence-electron chi connectivity index (χ2n) is 6.38. The van der Waals surface area contributed by atoms with Gasteiger partial charge in [-0.3, -0.25) is 4.79 Å². The molecule has 1 saturated heterocycles. The van der Waals surface area contributed by atoms with Crippen LogP contribution >= 0.6 is 0 Å². The van der Waals surface area contributed by atoms with E-state index in [0.717, 1.165) is 64.5 Å². The summed E-state index contributed by atoms with van der Waals surface area (Å²) in [6, 6.07) is 0. The van der Waals surface area contributed by atoms with Crippen LogP contribution in [0.1, 0.15) is 58.3 Å². The minimum atomic E-state index is -0.331. The Labute approximate surface area is 116 Å². The fraction of sp³-hybridized carbons (Fsp3) is 0.933. The predicted octanol–water partition coefficient (Wildman–Crippen LogP) is 1.58. The van der Waals surface area contributed by atoms with Gasteiger partial charge in [-0.15, -0.1) is 0 Å². The van der Waals surface area contributed by atoms with Crippen molar-refractivity contribution in [1.82, 2.24) is 10.6 Å². The zero-order chi connectivity index (χ0) is 13.8. The quantitative estimate of drug-likeness (QED) is 0.709. The van der Waals surface area contributed by atoms with Gasteiger partial charge in [0, 0.05) is 0 Å². The molecule has 3 N–H and O–H groups in total. The number of amides is 1. The van der Waals surface area contributed by atoms with Crippen LogP contribution in [0.3, 0.4) is 0 Å². The summed E-state index contributed by atoms with van der Waals surface area (Å²) in [5.41, 5.74) is -0.534. The third kappa shape index (κ3) is 3.11. The molecule has 1 amide bonds. The fourth-order valence-corrected chi connectivity index (χ4v) is 3.72. The predicted molar refractivity (Wildman–Crippen MR) is 75.9 cm³/mol. The lowest BCUT2D eigenvalue weighted by molar-refractivity contribution is -0.135. The lowest BCUT2D eigenvalue weighted by Crippen LogP contribution is -2.56. The molecule has 0 spiro atoms. The maximum Gasteiger partial charge on any atom is 0.226 e. The third-order valence-corrected chi connectivity index (χ3v) is 5.01. The van der Waals surface area contributed by atoms with Gasteiger partial charge in [0.05, 0.1) is 17.6 Å². The topological polar surface area (TPSA) is 61.4 Å². The Morgan fingerprint density at radius 1 is 1.21 bits per heavy atom. The van der Waals surface area contributed by atoms with Crippen LogP contribution < -0.4 is 10.6 Å². The van der Waals surface area contributed by atoms with Crippen molar-refractivity contribution in [1.29, 1.82) is 0 Å². The van der Waals surface area contributed by atoms with Crippen LogP contribution in [0.25, 0.3) is 0 Å². The molecule has 110 valence electrons. The van der Waals surface area contributed by atoms with Gasteiger partial charge in [-0.25, -0.2) is 0 Å². The summed E-state index contributed by atoms with van der Waals surface area (Å²) in [5, 5.41) is 16.2.